The molecule has 0 heterocycles. The van der Waals surface area contributed by atoms with Gasteiger partial charge in [-0.2, -0.15) is 0 Å². The molecule has 0 unspecified atom stereocenters. The van der Waals surface area contributed by atoms with E-state index in [9.17, 15) is 17.6 Å². The van der Waals surface area contributed by atoms with E-state index in [2.05, 4.69) is 21.9 Å². The molecular weight excluding hydrogens is 299 g/mol. The normalized spacial score (nSPS) is 10.6. The second-order valence-electron chi connectivity index (χ2n) is 3.99. The van der Waals surface area contributed by atoms with Crippen LogP contribution in [0.15, 0.2) is 23.1 Å². The highest BCUT2D eigenvalue weighted by Gasteiger charge is 2.18. The number of halogens is 1. The maximum atomic E-state index is 13.8. The fraction of sp³-hybridized carbons (Fsp3) is 0.308. The van der Waals surface area contributed by atoms with Crippen molar-refractivity contribution < 1.29 is 22.7 Å². The highest BCUT2D eigenvalue weighted by Crippen LogP contribution is 2.15. The summed E-state index contributed by atoms with van der Waals surface area (Å²) < 4.78 is 39.7. The topological polar surface area (TPSA) is 95.5 Å². The van der Waals surface area contributed by atoms with E-state index >= 15 is 0 Å². The lowest BCUT2D eigenvalue weighted by molar-refractivity contribution is -0.118. The molecule has 0 radical (unpaired) electrons. The average Bonchev–Trinajstić information content (AvgIpc) is 2.41. The first-order chi connectivity index (χ1) is 9.86. The van der Waals surface area contributed by atoms with E-state index in [4.69, 9.17) is 5.11 Å². The summed E-state index contributed by atoms with van der Waals surface area (Å²) in [6, 6.07) is 3.41. The monoisotopic (exact) mass is 314 g/mol. The molecule has 0 bridgehead atoms. The summed E-state index contributed by atoms with van der Waals surface area (Å²) in [6.07, 6.45) is 0. The van der Waals surface area contributed by atoms with Crippen molar-refractivity contribution in [3.05, 3.63) is 29.6 Å². The van der Waals surface area contributed by atoms with E-state index in [1.165, 1.54) is 13.0 Å². The largest absolute Gasteiger partial charge is 0.384 e. The van der Waals surface area contributed by atoms with Gasteiger partial charge in [0.2, 0.25) is 15.9 Å². The van der Waals surface area contributed by atoms with Crippen LogP contribution in [0.5, 0.6) is 0 Å². The molecular formula is C13H15FN2O4S. The summed E-state index contributed by atoms with van der Waals surface area (Å²) in [6.45, 7) is 0.996. The number of carbonyl (C=O) groups excluding carboxylic acids is 1. The molecule has 0 aromatic heterocycles. The number of hydrogen-bond donors (Lipinski definition) is 3. The summed E-state index contributed by atoms with van der Waals surface area (Å²) >= 11 is 0. The highest BCUT2D eigenvalue weighted by molar-refractivity contribution is 7.89. The van der Waals surface area contributed by atoms with E-state index in [1.54, 1.807) is 0 Å². The predicted molar refractivity (Wildman–Crippen MR) is 74.2 cm³/mol. The number of benzene rings is 1. The molecule has 0 aliphatic heterocycles. The van der Waals surface area contributed by atoms with Crippen molar-refractivity contribution in [1.82, 2.24) is 10.0 Å². The van der Waals surface area contributed by atoms with Gasteiger partial charge in [-0.3, -0.25) is 4.79 Å². The molecule has 21 heavy (non-hydrogen) atoms. The average molecular weight is 314 g/mol. The van der Waals surface area contributed by atoms with Crippen LogP contribution in [0.2, 0.25) is 0 Å². The fourth-order valence-electron chi connectivity index (χ4n) is 1.44. The zero-order valence-electron chi connectivity index (χ0n) is 11.3. The Hall–Kier alpha value is -1.95. The minimum absolute atomic E-state index is 0.0482. The Bertz CT molecular complexity index is 677. The van der Waals surface area contributed by atoms with Crippen molar-refractivity contribution in [2.24, 2.45) is 0 Å². The number of carbonyl (C=O) groups is 1. The molecule has 0 aliphatic rings. The summed E-state index contributed by atoms with van der Waals surface area (Å²) in [5.74, 6) is 3.59. The molecule has 0 saturated carbocycles. The van der Waals surface area contributed by atoms with Crippen molar-refractivity contribution >= 4 is 15.9 Å². The summed E-state index contributed by atoms with van der Waals surface area (Å²) in [5.41, 5.74) is 0.263. The molecule has 0 aliphatic carbocycles. The number of aliphatic hydroxyl groups is 1. The molecule has 1 rings (SSSR count). The highest BCUT2D eigenvalue weighted by atomic mass is 32.2. The SMILES string of the molecule is CC(=O)NCCNS(=O)(=O)c1ccc(C#CCO)cc1F. The Morgan fingerprint density at radius 1 is 1.38 bits per heavy atom. The van der Waals surface area contributed by atoms with Gasteiger partial charge < -0.3 is 10.4 Å². The van der Waals surface area contributed by atoms with E-state index in [-0.39, 0.29) is 31.2 Å². The van der Waals surface area contributed by atoms with Gasteiger partial charge >= 0.3 is 0 Å². The Balaban J connectivity index is 2.81. The van der Waals surface area contributed by atoms with E-state index in [0.717, 1.165) is 12.1 Å². The molecule has 0 atom stereocenters. The predicted octanol–water partition coefficient (Wildman–Crippen LogP) is -0.416. The van der Waals surface area contributed by atoms with Crippen LogP contribution in [-0.4, -0.2) is 39.1 Å². The van der Waals surface area contributed by atoms with Crippen LogP contribution in [-0.2, 0) is 14.8 Å². The minimum Gasteiger partial charge on any atom is -0.384 e. The van der Waals surface area contributed by atoms with E-state index in [0.29, 0.717) is 0 Å². The molecule has 0 spiro atoms. The van der Waals surface area contributed by atoms with Gasteiger partial charge in [-0.25, -0.2) is 17.5 Å². The third kappa shape index (κ3) is 5.51. The van der Waals surface area contributed by atoms with Gasteiger partial charge in [0.1, 0.15) is 17.3 Å². The molecule has 6 nitrogen and oxygen atoms in total. The van der Waals surface area contributed by atoms with Gasteiger partial charge in [-0.15, -0.1) is 0 Å². The summed E-state index contributed by atoms with van der Waals surface area (Å²) in [5, 5.41) is 11.0. The zero-order valence-corrected chi connectivity index (χ0v) is 12.1. The maximum Gasteiger partial charge on any atom is 0.243 e. The number of sulfonamides is 1. The van der Waals surface area contributed by atoms with Gasteiger partial charge in [0.15, 0.2) is 0 Å². The van der Waals surface area contributed by atoms with Gasteiger partial charge in [-0.1, -0.05) is 11.8 Å². The molecule has 114 valence electrons. The number of nitrogens with one attached hydrogen (secondary N) is 2. The van der Waals surface area contributed by atoms with Crippen LogP contribution in [0.25, 0.3) is 0 Å². The zero-order chi connectivity index (χ0) is 15.9. The molecule has 0 fully saturated rings. The smallest absolute Gasteiger partial charge is 0.243 e. The fourth-order valence-corrected chi connectivity index (χ4v) is 2.53. The molecule has 3 N–H and O–H groups in total. The van der Waals surface area contributed by atoms with Crippen LogP contribution in [0.1, 0.15) is 12.5 Å². The van der Waals surface area contributed by atoms with Gasteiger partial charge in [0, 0.05) is 25.6 Å². The van der Waals surface area contributed by atoms with E-state index < -0.39 is 20.7 Å². The van der Waals surface area contributed by atoms with Crippen LogP contribution < -0.4 is 10.0 Å². The molecule has 1 aromatic rings. The Morgan fingerprint density at radius 3 is 2.67 bits per heavy atom. The number of amides is 1. The maximum absolute atomic E-state index is 13.8. The van der Waals surface area contributed by atoms with Crippen molar-refractivity contribution in [2.75, 3.05) is 19.7 Å². The molecule has 0 saturated heterocycles. The van der Waals surface area contributed by atoms with Gasteiger partial charge in [-0.05, 0) is 18.2 Å². The van der Waals surface area contributed by atoms with Crippen molar-refractivity contribution in [1.29, 1.82) is 0 Å². The van der Waals surface area contributed by atoms with Crippen molar-refractivity contribution in [3.63, 3.8) is 0 Å². The first-order valence-corrected chi connectivity index (χ1v) is 7.48. The standard InChI is InChI=1S/C13H15FN2O4S/c1-10(18)15-6-7-16-21(19,20)13-5-4-11(3-2-8-17)9-12(13)14/h4-5,9,16-17H,6-8H2,1H3,(H,15,18). The van der Waals surface area contributed by atoms with E-state index in [1.807, 2.05) is 0 Å². The van der Waals surface area contributed by atoms with Crippen LogP contribution in [0.4, 0.5) is 4.39 Å². The summed E-state index contributed by atoms with van der Waals surface area (Å²) in [4.78, 5) is 10.1. The Morgan fingerprint density at radius 2 is 2.10 bits per heavy atom. The third-order valence-electron chi connectivity index (χ3n) is 2.32. The second kappa shape index (κ2) is 7.73. The third-order valence-corrected chi connectivity index (χ3v) is 3.82. The lowest BCUT2D eigenvalue weighted by atomic mass is 10.2. The first kappa shape index (κ1) is 17.1. The van der Waals surface area contributed by atoms with Crippen LogP contribution in [0.3, 0.4) is 0 Å². The van der Waals surface area contributed by atoms with Crippen molar-refractivity contribution in [3.8, 4) is 11.8 Å². The number of aliphatic hydroxyl groups excluding tert-OH is 1. The second-order valence-corrected chi connectivity index (χ2v) is 5.72. The molecule has 1 amide bonds. The Labute approximate surface area is 122 Å². The van der Waals surface area contributed by atoms with Gasteiger partial charge in [0.05, 0.1) is 0 Å². The van der Waals surface area contributed by atoms with Crippen LogP contribution in [0, 0.1) is 17.7 Å². The first-order valence-electron chi connectivity index (χ1n) is 6.00. The quantitative estimate of drug-likeness (QED) is 0.508. The van der Waals surface area contributed by atoms with Gasteiger partial charge in [0.25, 0.3) is 0 Å². The van der Waals surface area contributed by atoms with Crippen molar-refractivity contribution in [2.45, 2.75) is 11.8 Å². The molecule has 1 aromatic carbocycles. The van der Waals surface area contributed by atoms with Crippen LogP contribution >= 0.6 is 0 Å². The lowest BCUT2D eigenvalue weighted by Crippen LogP contribution is -2.34. The Kier molecular flexibility index (Phi) is 6.30. The molecule has 8 heteroatoms. The minimum atomic E-state index is -4.00. The summed E-state index contributed by atoms with van der Waals surface area (Å²) in [7, 11) is -4.00. The number of hydrogen-bond acceptors (Lipinski definition) is 4. The number of rotatable bonds is 5. The lowest BCUT2D eigenvalue weighted by Gasteiger charge is -2.08.